The van der Waals surface area contributed by atoms with Gasteiger partial charge in [-0.05, 0) is 69.0 Å². The molecule has 2 fully saturated rings. The van der Waals surface area contributed by atoms with Crippen molar-refractivity contribution in [3.63, 3.8) is 0 Å². The van der Waals surface area contributed by atoms with E-state index >= 15 is 0 Å². The van der Waals surface area contributed by atoms with Crippen molar-refractivity contribution in [2.75, 3.05) is 26.2 Å². The fraction of sp³-hybridized carbons (Fsp3) is 0.467. The summed E-state index contributed by atoms with van der Waals surface area (Å²) in [5, 5.41) is 4.56. The van der Waals surface area contributed by atoms with Crippen LogP contribution in [0.5, 0.6) is 0 Å². The summed E-state index contributed by atoms with van der Waals surface area (Å²) in [6.45, 7) is 9.04. The zero-order chi connectivity index (χ0) is 27.9. The molecule has 208 valence electrons. The Bertz CT molecular complexity index is 1350. The van der Waals surface area contributed by atoms with E-state index in [-0.39, 0.29) is 28.3 Å². The highest BCUT2D eigenvalue weighted by molar-refractivity contribution is 6.30. The number of likely N-dealkylation sites (tertiary alicyclic amines) is 2. The molecule has 0 aliphatic carbocycles. The molecule has 3 heterocycles. The Hall–Kier alpha value is -2.84. The van der Waals surface area contributed by atoms with E-state index in [2.05, 4.69) is 30.8 Å². The lowest BCUT2D eigenvalue weighted by Gasteiger charge is -2.35. The first-order valence-electron chi connectivity index (χ1n) is 13.5. The molecule has 5 rings (SSSR count). The maximum absolute atomic E-state index is 14.8. The minimum atomic E-state index is -0.617. The molecule has 2 aliphatic heterocycles. The SMILES string of the molecule is CC(C)(C)N1C[C@@H](C(=O)N2CCC(c3ccnn3Cc3ccc(F)c(Cl)c3)CC2)[C@H](c2ccc(F)cc2F)C1. The van der Waals surface area contributed by atoms with Crippen molar-refractivity contribution < 1.29 is 18.0 Å². The lowest BCUT2D eigenvalue weighted by Crippen LogP contribution is -2.44. The third kappa shape index (κ3) is 5.87. The van der Waals surface area contributed by atoms with Gasteiger partial charge in [0.1, 0.15) is 17.5 Å². The van der Waals surface area contributed by atoms with Crippen molar-refractivity contribution in [1.29, 1.82) is 0 Å². The lowest BCUT2D eigenvalue weighted by atomic mass is 9.86. The number of aromatic nitrogens is 2. The highest BCUT2D eigenvalue weighted by Crippen LogP contribution is 2.39. The standard InChI is InChI=1S/C30H34ClF3N4O/c1-30(2,3)37-17-23(22-6-5-21(32)15-27(22)34)24(18-37)29(39)36-12-9-20(10-13-36)28-8-11-35-38(28)16-19-4-7-26(33)25(31)14-19/h4-8,11,14-15,20,23-24H,9-10,12-13,16-18H2,1-3H3/t23-,24+/m0/s1. The van der Waals surface area contributed by atoms with Crippen LogP contribution in [0.4, 0.5) is 13.2 Å². The summed E-state index contributed by atoms with van der Waals surface area (Å²) in [5.41, 5.74) is 2.17. The predicted molar refractivity (Wildman–Crippen MR) is 145 cm³/mol. The predicted octanol–water partition coefficient (Wildman–Crippen LogP) is 6.22. The summed E-state index contributed by atoms with van der Waals surface area (Å²) in [7, 11) is 0. The number of benzene rings is 2. The largest absolute Gasteiger partial charge is 0.342 e. The van der Waals surface area contributed by atoms with Gasteiger partial charge < -0.3 is 4.90 Å². The van der Waals surface area contributed by atoms with Crippen LogP contribution in [-0.4, -0.2) is 57.2 Å². The molecule has 1 aromatic heterocycles. The monoisotopic (exact) mass is 558 g/mol. The first-order valence-corrected chi connectivity index (χ1v) is 13.8. The molecule has 1 amide bonds. The molecule has 3 aromatic rings. The van der Waals surface area contributed by atoms with Gasteiger partial charge in [-0.3, -0.25) is 14.4 Å². The number of amides is 1. The van der Waals surface area contributed by atoms with Crippen molar-refractivity contribution in [2.45, 2.75) is 57.5 Å². The molecule has 0 bridgehead atoms. The summed E-state index contributed by atoms with van der Waals surface area (Å²) in [6.07, 6.45) is 3.33. The molecule has 2 atom stereocenters. The topological polar surface area (TPSA) is 41.4 Å². The maximum atomic E-state index is 14.8. The number of carbonyl (C=O) groups is 1. The average molecular weight is 559 g/mol. The second-order valence-electron chi connectivity index (χ2n) is 11.7. The molecule has 0 unspecified atom stereocenters. The van der Waals surface area contributed by atoms with Crippen molar-refractivity contribution in [2.24, 2.45) is 5.92 Å². The highest BCUT2D eigenvalue weighted by atomic mass is 35.5. The van der Waals surface area contributed by atoms with E-state index in [1.54, 1.807) is 18.3 Å². The normalized spacial score (nSPS) is 21.1. The van der Waals surface area contributed by atoms with E-state index in [0.717, 1.165) is 30.2 Å². The number of piperidine rings is 1. The number of nitrogens with zero attached hydrogens (tertiary/aromatic N) is 4. The fourth-order valence-electron chi connectivity index (χ4n) is 5.98. The van der Waals surface area contributed by atoms with E-state index in [4.69, 9.17) is 11.6 Å². The summed E-state index contributed by atoms with van der Waals surface area (Å²) in [4.78, 5) is 18.0. The van der Waals surface area contributed by atoms with E-state index in [9.17, 15) is 18.0 Å². The van der Waals surface area contributed by atoms with Crippen LogP contribution < -0.4 is 0 Å². The van der Waals surface area contributed by atoms with Gasteiger partial charge in [-0.2, -0.15) is 5.10 Å². The summed E-state index contributed by atoms with van der Waals surface area (Å²) >= 11 is 5.96. The molecule has 0 spiro atoms. The molecule has 5 nitrogen and oxygen atoms in total. The van der Waals surface area contributed by atoms with Crippen molar-refractivity contribution >= 4 is 17.5 Å². The van der Waals surface area contributed by atoms with Gasteiger partial charge in [-0.15, -0.1) is 0 Å². The molecule has 2 aromatic carbocycles. The molecule has 9 heteroatoms. The molecule has 39 heavy (non-hydrogen) atoms. The van der Waals surface area contributed by atoms with Gasteiger partial charge in [0, 0.05) is 61.5 Å². The Morgan fingerprint density at radius 2 is 1.74 bits per heavy atom. The lowest BCUT2D eigenvalue weighted by molar-refractivity contribution is -0.136. The van der Waals surface area contributed by atoms with Gasteiger partial charge in [-0.25, -0.2) is 13.2 Å². The second-order valence-corrected chi connectivity index (χ2v) is 12.1. The minimum Gasteiger partial charge on any atom is -0.342 e. The third-order valence-electron chi connectivity index (χ3n) is 8.24. The average Bonchev–Trinajstić information content (AvgIpc) is 3.54. The van der Waals surface area contributed by atoms with Crippen molar-refractivity contribution in [3.05, 3.63) is 88.0 Å². The van der Waals surface area contributed by atoms with Crippen molar-refractivity contribution in [3.8, 4) is 0 Å². The Morgan fingerprint density at radius 1 is 1.00 bits per heavy atom. The van der Waals surface area contributed by atoms with Crippen LogP contribution in [-0.2, 0) is 11.3 Å². The van der Waals surface area contributed by atoms with E-state index in [1.165, 1.54) is 18.2 Å². The summed E-state index contributed by atoms with van der Waals surface area (Å²) in [6, 6.07) is 10.4. The smallest absolute Gasteiger partial charge is 0.227 e. The first kappa shape index (κ1) is 27.7. The number of hydrogen-bond donors (Lipinski definition) is 0. The van der Waals surface area contributed by atoms with Gasteiger partial charge in [0.15, 0.2) is 0 Å². The van der Waals surface area contributed by atoms with Gasteiger partial charge in [0.2, 0.25) is 5.91 Å². The molecular formula is C30H34ClF3N4O. The van der Waals surface area contributed by atoms with Crippen LogP contribution >= 0.6 is 11.6 Å². The van der Waals surface area contributed by atoms with E-state index in [0.29, 0.717) is 38.3 Å². The number of rotatable bonds is 5. The molecule has 2 aliphatic rings. The Kier molecular flexibility index (Phi) is 7.80. The third-order valence-corrected chi connectivity index (χ3v) is 8.53. The van der Waals surface area contributed by atoms with Crippen LogP contribution in [0.1, 0.15) is 62.3 Å². The van der Waals surface area contributed by atoms with E-state index < -0.39 is 23.4 Å². The summed E-state index contributed by atoms with van der Waals surface area (Å²) in [5.74, 6) is -2.13. The van der Waals surface area contributed by atoms with Crippen LogP contribution in [0.25, 0.3) is 0 Å². The van der Waals surface area contributed by atoms with Crippen molar-refractivity contribution in [1.82, 2.24) is 19.6 Å². The number of hydrogen-bond acceptors (Lipinski definition) is 3. The Balaban J connectivity index is 1.28. The Labute approximate surface area is 232 Å². The van der Waals surface area contributed by atoms with Crippen LogP contribution in [0.15, 0.2) is 48.7 Å². The molecule has 0 radical (unpaired) electrons. The highest BCUT2D eigenvalue weighted by Gasteiger charge is 2.44. The summed E-state index contributed by atoms with van der Waals surface area (Å²) < 4.78 is 44.0. The zero-order valence-electron chi connectivity index (χ0n) is 22.5. The molecule has 0 saturated carbocycles. The second kappa shape index (κ2) is 11.0. The molecular weight excluding hydrogens is 525 g/mol. The maximum Gasteiger partial charge on any atom is 0.227 e. The van der Waals surface area contributed by atoms with Gasteiger partial charge in [-0.1, -0.05) is 23.7 Å². The minimum absolute atomic E-state index is 0.0309. The zero-order valence-corrected chi connectivity index (χ0v) is 23.3. The molecule has 2 saturated heterocycles. The number of halogens is 4. The van der Waals surface area contributed by atoms with Crippen LogP contribution in [0.2, 0.25) is 5.02 Å². The fourth-order valence-corrected chi connectivity index (χ4v) is 6.19. The van der Waals surface area contributed by atoms with E-state index in [1.807, 2.05) is 15.6 Å². The molecule has 0 N–H and O–H groups in total. The van der Waals surface area contributed by atoms with Gasteiger partial charge >= 0.3 is 0 Å². The van der Waals surface area contributed by atoms with Gasteiger partial charge in [0.05, 0.1) is 17.5 Å². The van der Waals surface area contributed by atoms with Gasteiger partial charge in [0.25, 0.3) is 0 Å². The first-order chi connectivity index (χ1) is 18.5. The Morgan fingerprint density at radius 3 is 2.41 bits per heavy atom. The van der Waals surface area contributed by atoms with Crippen LogP contribution in [0, 0.1) is 23.4 Å². The van der Waals surface area contributed by atoms with Crippen LogP contribution in [0.3, 0.4) is 0 Å². The quantitative estimate of drug-likeness (QED) is 0.373. The number of carbonyl (C=O) groups excluding carboxylic acids is 1.